The third-order valence-electron chi connectivity index (χ3n) is 5.09. The van der Waals surface area contributed by atoms with E-state index < -0.39 is 0 Å². The Morgan fingerprint density at radius 3 is 2.56 bits per heavy atom. The van der Waals surface area contributed by atoms with Crippen molar-refractivity contribution in [2.24, 2.45) is 0 Å². The number of ether oxygens (including phenoxy) is 1. The largest absolute Gasteiger partial charge is 0.383 e. The van der Waals surface area contributed by atoms with Gasteiger partial charge in [-0.05, 0) is 48.6 Å². The molecular weight excluding hydrogens is 447 g/mol. The average molecular weight is 467 g/mol. The molecule has 0 spiro atoms. The van der Waals surface area contributed by atoms with Crippen LogP contribution in [0, 0.1) is 28.5 Å². The van der Waals surface area contributed by atoms with Crippen LogP contribution in [-0.2, 0) is 10.5 Å². The Labute approximate surface area is 193 Å². The van der Waals surface area contributed by atoms with Crippen LogP contribution in [0.3, 0.4) is 0 Å². The van der Waals surface area contributed by atoms with Gasteiger partial charge in [0, 0.05) is 30.0 Å². The number of nitrogens with one attached hydrogen (secondary N) is 1. The van der Waals surface area contributed by atoms with Gasteiger partial charge in [0.1, 0.15) is 28.8 Å². The number of benzene rings is 1. The van der Waals surface area contributed by atoms with Crippen LogP contribution in [-0.4, -0.2) is 23.2 Å². The molecule has 0 unspecified atom stereocenters. The van der Waals surface area contributed by atoms with E-state index in [1.54, 1.807) is 12.1 Å². The van der Waals surface area contributed by atoms with Crippen LogP contribution in [0.1, 0.15) is 41.1 Å². The summed E-state index contributed by atoms with van der Waals surface area (Å²) in [6.45, 7) is 1.18. The van der Waals surface area contributed by atoms with Crippen molar-refractivity contribution in [2.75, 3.05) is 24.3 Å². The maximum absolute atomic E-state index is 13.1. The van der Waals surface area contributed by atoms with Gasteiger partial charge in [-0.25, -0.2) is 14.4 Å². The van der Waals surface area contributed by atoms with Crippen molar-refractivity contribution >= 4 is 39.7 Å². The Kier molecular flexibility index (Phi) is 6.86. The van der Waals surface area contributed by atoms with Crippen LogP contribution in [0.2, 0.25) is 0 Å². The number of nitriles is 2. The molecule has 10 heteroatoms. The minimum atomic E-state index is -0.297. The number of pyridine rings is 1. The number of thioether (sulfide) groups is 1. The van der Waals surface area contributed by atoms with E-state index in [9.17, 15) is 14.9 Å². The zero-order chi connectivity index (χ0) is 22.5. The maximum Gasteiger partial charge on any atom is 0.187 e. The second-order valence-corrected chi connectivity index (χ2v) is 8.96. The smallest absolute Gasteiger partial charge is 0.187 e. The Morgan fingerprint density at radius 2 is 1.88 bits per heavy atom. The van der Waals surface area contributed by atoms with E-state index in [-0.39, 0.29) is 23.1 Å². The molecule has 162 valence electrons. The summed E-state index contributed by atoms with van der Waals surface area (Å²) in [5.74, 6) is 0.382. The molecule has 2 aromatic heterocycles. The molecule has 0 bridgehead atoms. The molecule has 1 aliphatic heterocycles. The molecule has 1 aromatic carbocycles. The lowest BCUT2D eigenvalue weighted by Crippen LogP contribution is -2.18. The molecule has 32 heavy (non-hydrogen) atoms. The number of hydrogen-bond donors (Lipinski definition) is 2. The molecule has 1 saturated heterocycles. The normalized spacial score (nSPS) is 14.0. The summed E-state index contributed by atoms with van der Waals surface area (Å²) < 4.78 is 18.5. The monoisotopic (exact) mass is 466 g/mol. The summed E-state index contributed by atoms with van der Waals surface area (Å²) in [7, 11) is 0. The summed E-state index contributed by atoms with van der Waals surface area (Å²) in [4.78, 5) is 8.91. The number of thiazole rings is 1. The summed E-state index contributed by atoms with van der Waals surface area (Å²) >= 11 is 2.80. The molecule has 1 fully saturated rings. The Bertz CT molecular complexity index is 1190. The van der Waals surface area contributed by atoms with Crippen molar-refractivity contribution in [3.63, 3.8) is 0 Å². The highest BCUT2D eigenvalue weighted by Crippen LogP contribution is 2.38. The molecule has 3 heterocycles. The highest BCUT2D eigenvalue weighted by molar-refractivity contribution is 7.98. The lowest BCUT2D eigenvalue weighted by molar-refractivity contribution is 0.0852. The molecule has 0 atom stereocenters. The van der Waals surface area contributed by atoms with Gasteiger partial charge in [-0.3, -0.25) is 0 Å². The van der Waals surface area contributed by atoms with Crippen molar-refractivity contribution in [1.29, 1.82) is 10.5 Å². The van der Waals surface area contributed by atoms with E-state index in [2.05, 4.69) is 27.4 Å². The second-order valence-electron chi connectivity index (χ2n) is 7.14. The zero-order valence-corrected chi connectivity index (χ0v) is 18.6. The summed E-state index contributed by atoms with van der Waals surface area (Å²) in [5.41, 5.74) is 9.03. The highest BCUT2D eigenvalue weighted by Gasteiger charge is 2.27. The number of anilines is 3. The average Bonchev–Trinajstić information content (AvgIpc) is 3.26. The SMILES string of the molecule is N#Cc1c(N)nc(SCc2csc(Nc3ccc(F)cc3)n2)c(C#N)c1C1CCOCC1. The number of hydrogen-bond acceptors (Lipinski definition) is 9. The van der Waals surface area contributed by atoms with E-state index in [1.165, 1.54) is 35.2 Å². The molecule has 0 saturated carbocycles. The van der Waals surface area contributed by atoms with Gasteiger partial charge in [0.15, 0.2) is 5.13 Å². The fourth-order valence-corrected chi connectivity index (χ4v) is 5.28. The molecule has 7 nitrogen and oxygen atoms in total. The Morgan fingerprint density at radius 1 is 1.16 bits per heavy atom. The van der Waals surface area contributed by atoms with Gasteiger partial charge in [0.05, 0.1) is 16.8 Å². The van der Waals surface area contributed by atoms with Crippen LogP contribution in [0.25, 0.3) is 0 Å². The Hall–Kier alpha value is -3.18. The van der Waals surface area contributed by atoms with Gasteiger partial charge >= 0.3 is 0 Å². The number of aromatic nitrogens is 2. The maximum atomic E-state index is 13.1. The van der Waals surface area contributed by atoms with Gasteiger partial charge in [-0.15, -0.1) is 11.3 Å². The van der Waals surface area contributed by atoms with E-state index in [0.29, 0.717) is 40.3 Å². The van der Waals surface area contributed by atoms with Gasteiger partial charge in [0.25, 0.3) is 0 Å². The van der Waals surface area contributed by atoms with Crippen molar-refractivity contribution in [2.45, 2.75) is 29.5 Å². The predicted octanol–water partition coefficient (Wildman–Crippen LogP) is 4.93. The number of nitrogen functional groups attached to an aromatic ring is 1. The van der Waals surface area contributed by atoms with Crippen molar-refractivity contribution in [3.05, 3.63) is 57.8 Å². The topological polar surface area (TPSA) is 121 Å². The predicted molar refractivity (Wildman–Crippen MR) is 122 cm³/mol. The molecular formula is C22H19FN6OS2. The molecule has 3 aromatic rings. The fraction of sp³-hybridized carbons (Fsp3) is 0.273. The molecule has 0 aliphatic carbocycles. The summed E-state index contributed by atoms with van der Waals surface area (Å²) in [5, 5.41) is 25.8. The van der Waals surface area contributed by atoms with Crippen LogP contribution in [0.15, 0.2) is 34.7 Å². The molecule has 0 amide bonds. The van der Waals surface area contributed by atoms with Crippen molar-refractivity contribution in [3.8, 4) is 12.1 Å². The van der Waals surface area contributed by atoms with Crippen LogP contribution < -0.4 is 11.1 Å². The van der Waals surface area contributed by atoms with Gasteiger partial charge in [0.2, 0.25) is 0 Å². The fourth-order valence-electron chi connectivity index (χ4n) is 3.55. The number of nitrogens with zero attached hydrogens (tertiary/aromatic N) is 4. The lowest BCUT2D eigenvalue weighted by Gasteiger charge is -2.25. The Balaban J connectivity index is 1.54. The quantitative estimate of drug-likeness (QED) is 0.491. The molecule has 0 radical (unpaired) electrons. The summed E-state index contributed by atoms with van der Waals surface area (Å²) in [6, 6.07) is 10.4. The van der Waals surface area contributed by atoms with Gasteiger partial charge < -0.3 is 15.8 Å². The first kappa shape index (κ1) is 22.0. The molecule has 3 N–H and O–H groups in total. The lowest BCUT2D eigenvalue weighted by atomic mass is 9.86. The zero-order valence-electron chi connectivity index (χ0n) is 17.0. The number of rotatable bonds is 6. The van der Waals surface area contributed by atoms with E-state index in [0.717, 1.165) is 24.2 Å². The third-order valence-corrected chi connectivity index (χ3v) is 6.90. The first-order chi connectivity index (χ1) is 15.6. The van der Waals surface area contributed by atoms with Crippen LogP contribution in [0.5, 0.6) is 0 Å². The van der Waals surface area contributed by atoms with Gasteiger partial charge in [-0.1, -0.05) is 11.8 Å². The minimum Gasteiger partial charge on any atom is -0.383 e. The van der Waals surface area contributed by atoms with E-state index in [1.807, 2.05) is 5.38 Å². The second kappa shape index (κ2) is 9.96. The standard InChI is InChI=1S/C22H19FN6OS2/c23-14-1-3-15(4-2-14)27-22-28-16(12-32-22)11-31-21-18(10-25)19(13-5-7-30-8-6-13)17(9-24)20(26)29-21/h1-4,12-13H,5-8,11H2,(H2,26,29)(H,27,28). The molecule has 1 aliphatic rings. The summed E-state index contributed by atoms with van der Waals surface area (Å²) in [6.07, 6.45) is 1.48. The van der Waals surface area contributed by atoms with Crippen molar-refractivity contribution < 1.29 is 9.13 Å². The number of halogens is 1. The van der Waals surface area contributed by atoms with Crippen molar-refractivity contribution in [1.82, 2.24) is 9.97 Å². The van der Waals surface area contributed by atoms with E-state index in [4.69, 9.17) is 10.5 Å². The first-order valence-corrected chi connectivity index (χ1v) is 11.8. The van der Waals surface area contributed by atoms with Crippen LogP contribution in [0.4, 0.5) is 21.0 Å². The third kappa shape index (κ3) is 4.83. The minimum absolute atomic E-state index is 0.0449. The van der Waals surface area contributed by atoms with Crippen LogP contribution >= 0.6 is 23.1 Å². The highest BCUT2D eigenvalue weighted by atomic mass is 32.2. The van der Waals surface area contributed by atoms with E-state index >= 15 is 0 Å². The first-order valence-electron chi connectivity index (χ1n) is 9.90. The number of nitrogens with two attached hydrogens (primary N) is 1. The van der Waals surface area contributed by atoms with Gasteiger partial charge in [-0.2, -0.15) is 10.5 Å². The molecule has 4 rings (SSSR count).